The number of imidazole rings is 2. The second kappa shape index (κ2) is 17.7. The highest BCUT2D eigenvalue weighted by atomic mass is 32.1. The van der Waals surface area contributed by atoms with Gasteiger partial charge < -0.3 is 39.5 Å². The Balaban J connectivity index is 0.000000184. The predicted octanol–water partition coefficient (Wildman–Crippen LogP) is 8.69. The van der Waals surface area contributed by atoms with Gasteiger partial charge in [-0.25, -0.2) is 29.9 Å². The Bertz CT molecular complexity index is 2740. The number of rotatable bonds is 12. The van der Waals surface area contributed by atoms with Crippen molar-refractivity contribution >= 4 is 34.6 Å². The molecule has 0 aliphatic rings. The lowest BCUT2D eigenvalue weighted by Gasteiger charge is -2.19. The van der Waals surface area contributed by atoms with Gasteiger partial charge in [0.15, 0.2) is 0 Å². The van der Waals surface area contributed by atoms with E-state index in [9.17, 15) is 10.2 Å². The molecule has 4 N–H and O–H groups in total. The SMILES string of the molecule is COc1cc(Nc2nc(-c3ccccn3)cc(C(C)(C)O)n2)ccc1-n1cnc(C)c1.COc1cc(Nc2nc(-c3cccs3)cc(C(C)(C)O)n2)ccc1-n1cnc(C)c1. The number of nitrogens with zero attached hydrogens (tertiary/aromatic N) is 9. The maximum absolute atomic E-state index is 10.5. The fraction of sp³-hybridized carbons (Fsp3) is 0.222. The van der Waals surface area contributed by atoms with Crippen LogP contribution in [0.25, 0.3) is 33.3 Å². The number of aliphatic hydroxyl groups is 2. The molecule has 312 valence electrons. The van der Waals surface area contributed by atoms with Crippen molar-refractivity contribution in [2.24, 2.45) is 0 Å². The van der Waals surface area contributed by atoms with Gasteiger partial charge in [0.2, 0.25) is 11.9 Å². The van der Waals surface area contributed by atoms with Gasteiger partial charge in [0.25, 0.3) is 0 Å². The van der Waals surface area contributed by atoms with E-state index in [0.29, 0.717) is 46.2 Å². The van der Waals surface area contributed by atoms with E-state index in [1.165, 1.54) is 0 Å². The largest absolute Gasteiger partial charge is 0.494 e. The first-order valence-corrected chi connectivity index (χ1v) is 20.2. The number of methoxy groups -OCH3 is 2. The smallest absolute Gasteiger partial charge is 0.228 e. The van der Waals surface area contributed by atoms with Crippen LogP contribution in [0.15, 0.2) is 115 Å². The molecule has 0 saturated heterocycles. The molecule has 16 heteroatoms. The molecule has 2 aromatic carbocycles. The van der Waals surface area contributed by atoms with Crippen LogP contribution in [0.2, 0.25) is 0 Å². The molecule has 0 aliphatic heterocycles. The zero-order valence-electron chi connectivity index (χ0n) is 35.1. The summed E-state index contributed by atoms with van der Waals surface area (Å²) in [6, 6.07) is 24.6. The van der Waals surface area contributed by atoms with Crippen LogP contribution in [0.3, 0.4) is 0 Å². The Morgan fingerprint density at radius 1 is 0.590 bits per heavy atom. The number of benzene rings is 2. The first-order chi connectivity index (χ1) is 29.2. The molecule has 0 unspecified atom stereocenters. The molecule has 6 aromatic heterocycles. The lowest BCUT2D eigenvalue weighted by molar-refractivity contribution is 0.0734. The van der Waals surface area contributed by atoms with Crippen LogP contribution in [0.1, 0.15) is 50.5 Å². The van der Waals surface area contributed by atoms with E-state index in [2.05, 4.69) is 45.5 Å². The summed E-state index contributed by atoms with van der Waals surface area (Å²) in [5.41, 5.74) is 6.00. The monoisotopic (exact) mass is 837 g/mol. The summed E-state index contributed by atoms with van der Waals surface area (Å²) in [6.07, 6.45) is 9.07. The first-order valence-electron chi connectivity index (χ1n) is 19.3. The van der Waals surface area contributed by atoms with Gasteiger partial charge in [-0.2, -0.15) is 0 Å². The predicted molar refractivity (Wildman–Crippen MR) is 237 cm³/mol. The highest BCUT2D eigenvalue weighted by Crippen LogP contribution is 2.33. The Morgan fingerprint density at radius 3 is 1.54 bits per heavy atom. The number of aryl methyl sites for hydroxylation is 2. The number of nitrogens with one attached hydrogen (secondary N) is 2. The lowest BCUT2D eigenvalue weighted by Crippen LogP contribution is -2.19. The maximum Gasteiger partial charge on any atom is 0.228 e. The Morgan fingerprint density at radius 2 is 1.11 bits per heavy atom. The second-order valence-electron chi connectivity index (χ2n) is 15.1. The zero-order chi connectivity index (χ0) is 43.3. The van der Waals surface area contributed by atoms with Gasteiger partial charge >= 0.3 is 0 Å². The van der Waals surface area contributed by atoms with Gasteiger partial charge in [-0.1, -0.05) is 12.1 Å². The molecule has 61 heavy (non-hydrogen) atoms. The minimum atomic E-state index is -1.14. The number of ether oxygens (including phenoxy) is 2. The molecule has 0 atom stereocenters. The molecular formula is C45H47N11O4S. The van der Waals surface area contributed by atoms with Gasteiger partial charge in [0, 0.05) is 42.1 Å². The summed E-state index contributed by atoms with van der Waals surface area (Å²) in [5, 5.41) is 29.5. The molecule has 0 amide bonds. The van der Waals surface area contributed by atoms with E-state index in [1.807, 2.05) is 114 Å². The molecule has 8 aromatic rings. The Labute approximate surface area is 357 Å². The van der Waals surface area contributed by atoms with Crippen molar-refractivity contribution in [3.8, 4) is 44.8 Å². The fourth-order valence-electron chi connectivity index (χ4n) is 6.13. The average molecular weight is 838 g/mol. The summed E-state index contributed by atoms with van der Waals surface area (Å²) >= 11 is 1.59. The van der Waals surface area contributed by atoms with Crippen molar-refractivity contribution in [1.82, 2.24) is 44.0 Å². The Hall–Kier alpha value is -7.01. The number of hydrogen-bond donors (Lipinski definition) is 4. The molecule has 0 spiro atoms. The third kappa shape index (κ3) is 10.2. The van der Waals surface area contributed by atoms with Gasteiger partial charge in [-0.3, -0.25) is 4.98 Å². The quantitative estimate of drug-likeness (QED) is 0.0918. The van der Waals surface area contributed by atoms with Crippen LogP contribution in [-0.2, 0) is 11.2 Å². The van der Waals surface area contributed by atoms with E-state index >= 15 is 0 Å². The Kier molecular flexibility index (Phi) is 12.2. The number of aromatic nitrogens is 9. The van der Waals surface area contributed by atoms with E-state index in [1.54, 1.807) is 78.2 Å². The van der Waals surface area contributed by atoms with Crippen molar-refractivity contribution < 1.29 is 19.7 Å². The molecule has 0 aliphatic carbocycles. The third-order valence-electron chi connectivity index (χ3n) is 9.26. The lowest BCUT2D eigenvalue weighted by atomic mass is 10.0. The molecule has 0 bridgehead atoms. The average Bonchev–Trinajstić information content (AvgIpc) is 4.04. The molecule has 15 nitrogen and oxygen atoms in total. The fourth-order valence-corrected chi connectivity index (χ4v) is 6.82. The van der Waals surface area contributed by atoms with Crippen LogP contribution in [0, 0.1) is 13.8 Å². The van der Waals surface area contributed by atoms with Crippen LogP contribution in [-0.4, -0.2) is 68.5 Å². The summed E-state index contributed by atoms with van der Waals surface area (Å²) in [4.78, 5) is 32.2. The van der Waals surface area contributed by atoms with Crippen molar-refractivity contribution in [1.29, 1.82) is 0 Å². The molecule has 0 radical (unpaired) electrons. The van der Waals surface area contributed by atoms with Gasteiger partial charge in [-0.15, -0.1) is 11.3 Å². The van der Waals surface area contributed by atoms with E-state index in [0.717, 1.165) is 44.7 Å². The van der Waals surface area contributed by atoms with Crippen molar-refractivity contribution in [2.45, 2.75) is 52.7 Å². The standard InChI is InChI=1S/C23H24N6O2.C22H23N5O2S/c1-15-13-29(14-25-15)19-9-8-16(11-20(19)31-4)26-22-27-18(17-7-5-6-10-24-17)12-21(28-22)23(2,3)30;1-14-12-27(13-23-14)17-8-7-15(10-18(17)29-4)24-21-25-16(19-6-5-9-30-19)11-20(26-21)22(2,3)28/h5-14,30H,1-4H3,(H,26,27,28);5-13,28H,1-4H3,(H,24,25,26). The highest BCUT2D eigenvalue weighted by molar-refractivity contribution is 7.13. The number of anilines is 4. The molecule has 0 fully saturated rings. The highest BCUT2D eigenvalue weighted by Gasteiger charge is 2.23. The van der Waals surface area contributed by atoms with E-state index < -0.39 is 11.2 Å². The maximum atomic E-state index is 10.5. The van der Waals surface area contributed by atoms with Gasteiger partial charge in [0.05, 0.1) is 83.0 Å². The van der Waals surface area contributed by atoms with E-state index in [-0.39, 0.29) is 0 Å². The number of pyridine rings is 1. The minimum absolute atomic E-state index is 0.355. The summed E-state index contributed by atoms with van der Waals surface area (Å²) in [6.45, 7) is 10.7. The van der Waals surface area contributed by atoms with Crippen LogP contribution >= 0.6 is 11.3 Å². The van der Waals surface area contributed by atoms with Crippen LogP contribution < -0.4 is 20.1 Å². The molecule has 6 heterocycles. The molecular weight excluding hydrogens is 791 g/mol. The van der Waals surface area contributed by atoms with Crippen LogP contribution in [0.4, 0.5) is 23.3 Å². The number of thiophene rings is 1. The van der Waals surface area contributed by atoms with E-state index in [4.69, 9.17) is 9.47 Å². The van der Waals surface area contributed by atoms with Crippen molar-refractivity contribution in [3.63, 3.8) is 0 Å². The third-order valence-corrected chi connectivity index (χ3v) is 10.2. The minimum Gasteiger partial charge on any atom is -0.494 e. The summed E-state index contributed by atoms with van der Waals surface area (Å²) < 4.78 is 15.0. The first kappa shape index (κ1) is 42.1. The normalized spacial score (nSPS) is 11.4. The topological polar surface area (TPSA) is 183 Å². The van der Waals surface area contributed by atoms with Gasteiger partial charge in [-0.05, 0) is 102 Å². The van der Waals surface area contributed by atoms with Crippen LogP contribution in [0.5, 0.6) is 11.5 Å². The number of hydrogen-bond acceptors (Lipinski definition) is 14. The second-order valence-corrected chi connectivity index (χ2v) is 16.0. The summed E-state index contributed by atoms with van der Waals surface area (Å²) in [5.74, 6) is 2.13. The molecule has 0 saturated carbocycles. The summed E-state index contributed by atoms with van der Waals surface area (Å²) in [7, 11) is 3.25. The van der Waals surface area contributed by atoms with Gasteiger partial charge in [0.1, 0.15) is 22.7 Å². The van der Waals surface area contributed by atoms with Crippen molar-refractivity contribution in [2.75, 3.05) is 24.9 Å². The van der Waals surface area contributed by atoms with Crippen molar-refractivity contribution in [3.05, 3.63) is 138 Å². The molecule has 8 rings (SSSR count). The zero-order valence-corrected chi connectivity index (χ0v) is 35.9.